The van der Waals surface area contributed by atoms with Crippen molar-refractivity contribution in [1.29, 1.82) is 0 Å². The van der Waals surface area contributed by atoms with Crippen molar-refractivity contribution in [1.82, 2.24) is 5.16 Å². The van der Waals surface area contributed by atoms with E-state index in [2.05, 4.69) is 5.16 Å². The Morgan fingerprint density at radius 3 is 3.07 bits per heavy atom. The van der Waals surface area contributed by atoms with Crippen molar-refractivity contribution in [3.8, 4) is 0 Å². The van der Waals surface area contributed by atoms with E-state index in [9.17, 15) is 9.59 Å². The van der Waals surface area contributed by atoms with E-state index in [4.69, 9.17) is 4.52 Å². The highest BCUT2D eigenvalue weighted by molar-refractivity contribution is 8.03. The van der Waals surface area contributed by atoms with Gasteiger partial charge in [0.1, 0.15) is 0 Å². The summed E-state index contributed by atoms with van der Waals surface area (Å²) in [7, 11) is 0. The smallest absolute Gasteiger partial charge is 0.225 e. The lowest BCUT2D eigenvalue weighted by Crippen LogP contribution is -2.00. The molecule has 0 aromatic carbocycles. The molecule has 0 saturated heterocycles. The number of fused-ring (bicyclic) bond motifs is 1. The molecule has 15 heavy (non-hydrogen) atoms. The fourth-order valence-electron chi connectivity index (χ4n) is 1.41. The van der Waals surface area contributed by atoms with Gasteiger partial charge in [0, 0.05) is 6.42 Å². The van der Waals surface area contributed by atoms with Gasteiger partial charge in [-0.05, 0) is 16.7 Å². The number of allylic oxidation sites excluding steroid dienone is 2. The van der Waals surface area contributed by atoms with Crippen LogP contribution < -0.4 is 0 Å². The zero-order chi connectivity index (χ0) is 10.8. The first-order valence-electron chi connectivity index (χ1n) is 4.58. The molecule has 1 heterocycles. The van der Waals surface area contributed by atoms with Crippen LogP contribution in [0.4, 0.5) is 0 Å². The summed E-state index contributed by atoms with van der Waals surface area (Å²) in [5, 5.41) is 3.46. The predicted octanol–water partition coefficient (Wildman–Crippen LogP) is 2.08. The van der Waals surface area contributed by atoms with Crippen molar-refractivity contribution in [2.24, 2.45) is 0 Å². The van der Waals surface area contributed by atoms with Gasteiger partial charge in [0.25, 0.3) is 0 Å². The van der Waals surface area contributed by atoms with Crippen LogP contribution in [0.3, 0.4) is 0 Å². The molecule has 0 saturated carbocycles. The molecule has 0 unspecified atom stereocenters. The van der Waals surface area contributed by atoms with Crippen LogP contribution in [-0.2, 0) is 0 Å². The van der Waals surface area contributed by atoms with Gasteiger partial charge in [0.05, 0.1) is 11.8 Å². The summed E-state index contributed by atoms with van der Waals surface area (Å²) >= 11 is 1.50. The first-order valence-corrected chi connectivity index (χ1v) is 5.56. The molecule has 0 atom stereocenters. The molecule has 0 bridgehead atoms. The molecule has 4 nitrogen and oxygen atoms in total. The minimum absolute atomic E-state index is 0.0618. The highest BCUT2D eigenvalue weighted by Crippen LogP contribution is 2.26. The monoisotopic (exact) mass is 223 g/mol. The van der Waals surface area contributed by atoms with E-state index in [1.165, 1.54) is 24.0 Å². The largest absolute Gasteiger partial charge is 0.352 e. The number of aromatic nitrogens is 1. The van der Waals surface area contributed by atoms with Crippen LogP contribution in [-0.4, -0.2) is 22.5 Å². The quantitative estimate of drug-likeness (QED) is 0.768. The summed E-state index contributed by atoms with van der Waals surface area (Å²) in [5.41, 5.74) is 0.294. The number of nitrogens with zero attached hydrogens (tertiary/aromatic N) is 1. The van der Waals surface area contributed by atoms with Crippen molar-refractivity contribution in [3.05, 3.63) is 28.5 Å². The third-order valence-electron chi connectivity index (χ3n) is 2.05. The van der Waals surface area contributed by atoms with Gasteiger partial charge in [-0.15, -0.1) is 11.8 Å². The zero-order valence-corrected chi connectivity index (χ0v) is 8.97. The fraction of sp³-hybridized carbons (Fsp3) is 0.300. The van der Waals surface area contributed by atoms with Crippen LogP contribution in [0, 0.1) is 0 Å². The Hall–Kier alpha value is -1.36. The molecule has 1 aromatic heterocycles. The summed E-state index contributed by atoms with van der Waals surface area (Å²) in [4.78, 5) is 24.1. The minimum atomic E-state index is -0.274. The van der Waals surface area contributed by atoms with Crippen LogP contribution in [0.5, 0.6) is 0 Å². The molecule has 2 rings (SSSR count). The van der Waals surface area contributed by atoms with Crippen LogP contribution in [0.2, 0.25) is 0 Å². The molecule has 0 aliphatic heterocycles. The fourth-order valence-corrected chi connectivity index (χ4v) is 2.20. The molecule has 78 valence electrons. The normalized spacial score (nSPS) is 15.9. The molecule has 1 aliphatic carbocycles. The summed E-state index contributed by atoms with van der Waals surface area (Å²) in [6.45, 7) is 1.98. The van der Waals surface area contributed by atoms with E-state index in [0.29, 0.717) is 5.56 Å². The van der Waals surface area contributed by atoms with Gasteiger partial charge in [-0.2, -0.15) is 0 Å². The maximum absolute atomic E-state index is 11.7. The molecule has 5 heteroatoms. The van der Waals surface area contributed by atoms with Crippen molar-refractivity contribution < 1.29 is 14.1 Å². The van der Waals surface area contributed by atoms with E-state index in [-0.39, 0.29) is 23.7 Å². The molecule has 1 aliphatic rings. The van der Waals surface area contributed by atoms with Crippen molar-refractivity contribution in [2.75, 3.05) is 5.75 Å². The Bertz CT molecular complexity index is 447. The van der Waals surface area contributed by atoms with Crippen molar-refractivity contribution in [3.63, 3.8) is 0 Å². The molecule has 0 N–H and O–H groups in total. The summed E-state index contributed by atoms with van der Waals surface area (Å²) in [6, 6.07) is 0. The van der Waals surface area contributed by atoms with Gasteiger partial charge in [-0.25, -0.2) is 0 Å². The Morgan fingerprint density at radius 2 is 2.33 bits per heavy atom. The van der Waals surface area contributed by atoms with Crippen LogP contribution >= 0.6 is 11.8 Å². The second-order valence-electron chi connectivity index (χ2n) is 3.08. The van der Waals surface area contributed by atoms with E-state index in [0.717, 1.165) is 10.7 Å². The van der Waals surface area contributed by atoms with Crippen LogP contribution in [0.25, 0.3) is 0 Å². The number of thioether (sulfide) groups is 1. The highest BCUT2D eigenvalue weighted by Gasteiger charge is 2.25. The van der Waals surface area contributed by atoms with E-state index >= 15 is 0 Å². The number of ketones is 2. The maximum Gasteiger partial charge on any atom is 0.225 e. The first-order chi connectivity index (χ1) is 7.22. The number of carbonyl (C=O) groups excluding carboxylic acids is 2. The SMILES string of the molecule is CCSC1=CC(=O)c2oncc2C(=O)C1. The van der Waals surface area contributed by atoms with E-state index in [1.54, 1.807) is 0 Å². The number of hydrogen-bond donors (Lipinski definition) is 0. The number of Topliss-reactive ketones (excluding diaryl/α,β-unsaturated/α-hetero) is 1. The number of hydrogen-bond acceptors (Lipinski definition) is 5. The molecule has 1 aromatic rings. The lowest BCUT2D eigenvalue weighted by Gasteiger charge is -1.99. The Balaban J connectivity index is 2.40. The highest BCUT2D eigenvalue weighted by atomic mass is 32.2. The molecule has 0 radical (unpaired) electrons. The van der Waals surface area contributed by atoms with Gasteiger partial charge >= 0.3 is 0 Å². The molecular formula is C10H9NO3S. The zero-order valence-electron chi connectivity index (χ0n) is 8.15. The average Bonchev–Trinajstić information content (AvgIpc) is 2.62. The lowest BCUT2D eigenvalue weighted by atomic mass is 10.1. The van der Waals surface area contributed by atoms with Gasteiger partial charge in [-0.1, -0.05) is 12.1 Å². The van der Waals surface area contributed by atoms with Gasteiger partial charge < -0.3 is 4.52 Å². The topological polar surface area (TPSA) is 60.2 Å². The Labute approximate surface area is 90.7 Å². The average molecular weight is 223 g/mol. The maximum atomic E-state index is 11.7. The van der Waals surface area contributed by atoms with Crippen molar-refractivity contribution in [2.45, 2.75) is 13.3 Å². The second kappa shape index (κ2) is 4.02. The van der Waals surface area contributed by atoms with Crippen molar-refractivity contribution >= 4 is 23.3 Å². The van der Waals surface area contributed by atoms with Gasteiger partial charge in [0.2, 0.25) is 11.5 Å². The van der Waals surface area contributed by atoms with E-state index < -0.39 is 0 Å². The summed E-state index contributed by atoms with van der Waals surface area (Å²) in [5.74, 6) is 0.520. The summed E-state index contributed by atoms with van der Waals surface area (Å²) < 4.78 is 4.77. The summed E-state index contributed by atoms with van der Waals surface area (Å²) in [6.07, 6.45) is 3.03. The molecule has 0 spiro atoms. The Morgan fingerprint density at radius 1 is 1.53 bits per heavy atom. The Kier molecular flexibility index (Phi) is 2.73. The third kappa shape index (κ3) is 1.87. The predicted molar refractivity (Wildman–Crippen MR) is 56.0 cm³/mol. The third-order valence-corrected chi connectivity index (χ3v) is 2.97. The molecule has 0 fully saturated rings. The standard InChI is InChI=1S/C10H9NO3S/c1-2-15-6-3-8(12)7-5-11-14-10(7)9(13)4-6/h4-5H,2-3H2,1H3. The van der Waals surface area contributed by atoms with Gasteiger partial charge in [-0.3, -0.25) is 9.59 Å². The lowest BCUT2D eigenvalue weighted by molar-refractivity contribution is 0.0973. The second-order valence-corrected chi connectivity index (χ2v) is 4.47. The molecule has 0 amide bonds. The number of rotatable bonds is 2. The van der Waals surface area contributed by atoms with E-state index in [1.807, 2.05) is 6.92 Å². The molecular weight excluding hydrogens is 214 g/mol. The first kappa shape index (κ1) is 10.2. The van der Waals surface area contributed by atoms with Crippen LogP contribution in [0.1, 0.15) is 34.3 Å². The minimum Gasteiger partial charge on any atom is -0.352 e. The number of carbonyl (C=O) groups is 2. The van der Waals surface area contributed by atoms with Crippen LogP contribution in [0.15, 0.2) is 21.7 Å². The van der Waals surface area contributed by atoms with Gasteiger partial charge in [0.15, 0.2) is 5.78 Å².